The molecule has 0 aliphatic heterocycles. The van der Waals surface area contributed by atoms with Crippen molar-refractivity contribution in [1.82, 2.24) is 0 Å². The van der Waals surface area contributed by atoms with Crippen molar-refractivity contribution in [1.29, 1.82) is 0 Å². The normalized spacial score (nSPS) is 7.20. The van der Waals surface area contributed by atoms with Crippen molar-refractivity contribution in [2.45, 2.75) is 0 Å². The maximum Gasteiger partial charge on any atom is 0.115 e. The molecule has 0 saturated heterocycles. The number of benzene rings is 1. The molecule has 54 valence electrons. The first-order chi connectivity index (χ1) is 3.79. The van der Waals surface area contributed by atoms with Gasteiger partial charge >= 0.3 is 0 Å². The van der Waals surface area contributed by atoms with Gasteiger partial charge in [0.25, 0.3) is 0 Å². The summed E-state index contributed by atoms with van der Waals surface area (Å²) in [5.41, 5.74) is 0. The fraction of sp³-hybridized carbons (Fsp3) is 0. The largest absolute Gasteiger partial charge is 0.508 e. The van der Waals surface area contributed by atoms with E-state index in [0.29, 0.717) is 0 Å². The molecule has 0 saturated carbocycles. The molecule has 2 nitrogen and oxygen atoms in total. The van der Waals surface area contributed by atoms with E-state index < -0.39 is 0 Å². The third-order valence-corrected chi connectivity index (χ3v) is 0.850. The van der Waals surface area contributed by atoms with E-state index in [4.69, 9.17) is 10.2 Å². The zero-order valence-corrected chi connectivity index (χ0v) is 9.87. The van der Waals surface area contributed by atoms with Crippen LogP contribution in [0, 0.1) is 38.5 Å². The van der Waals surface area contributed by atoms with Gasteiger partial charge in [0.15, 0.2) is 0 Å². The second-order valence-electron chi connectivity index (χ2n) is 1.52. The third kappa shape index (κ3) is 3.81. The van der Waals surface area contributed by atoms with Crippen LogP contribution in [0.4, 0.5) is 0 Å². The van der Waals surface area contributed by atoms with Crippen LogP contribution >= 0.6 is 0 Å². The van der Waals surface area contributed by atoms with Gasteiger partial charge in [-0.15, -0.1) is 0 Å². The van der Waals surface area contributed by atoms with Gasteiger partial charge in [0.05, 0.1) is 0 Å². The molecular formula is C7H9O2U-. The molecule has 1 aromatic carbocycles. The Bertz CT molecular complexity index is 150. The van der Waals surface area contributed by atoms with E-state index in [1.165, 1.54) is 24.3 Å². The van der Waals surface area contributed by atoms with Crippen LogP contribution in [0.25, 0.3) is 0 Å². The van der Waals surface area contributed by atoms with Crippen molar-refractivity contribution in [3.63, 3.8) is 0 Å². The smallest absolute Gasteiger partial charge is 0.115 e. The van der Waals surface area contributed by atoms with Gasteiger partial charge in [-0.1, -0.05) is 0 Å². The molecule has 0 atom stereocenters. The first-order valence-electron chi connectivity index (χ1n) is 2.27. The van der Waals surface area contributed by atoms with E-state index in [1.54, 1.807) is 0 Å². The molecule has 0 fully saturated rings. The summed E-state index contributed by atoms with van der Waals surface area (Å²) in [5, 5.41) is 17.3. The van der Waals surface area contributed by atoms with Crippen molar-refractivity contribution >= 4 is 0 Å². The summed E-state index contributed by atoms with van der Waals surface area (Å²) in [6.07, 6.45) is 0. The summed E-state index contributed by atoms with van der Waals surface area (Å²) in [7, 11) is 0. The average Bonchev–Trinajstić information content (AvgIpc) is 1.77. The summed E-state index contributed by atoms with van der Waals surface area (Å²) < 4.78 is 0. The van der Waals surface area contributed by atoms with Crippen LogP contribution < -0.4 is 0 Å². The molecule has 0 aliphatic carbocycles. The molecule has 10 heavy (non-hydrogen) atoms. The molecular weight excluding hydrogens is 354 g/mol. The Morgan fingerprint density at radius 3 is 1.20 bits per heavy atom. The van der Waals surface area contributed by atoms with Crippen molar-refractivity contribution in [3.05, 3.63) is 31.7 Å². The number of hydrogen-bond acceptors (Lipinski definition) is 2. The second kappa shape index (κ2) is 5.64. The van der Waals surface area contributed by atoms with Crippen molar-refractivity contribution in [2.24, 2.45) is 0 Å². The van der Waals surface area contributed by atoms with Crippen LogP contribution in [0.2, 0.25) is 0 Å². The van der Waals surface area contributed by atoms with Crippen molar-refractivity contribution in [3.8, 4) is 11.5 Å². The molecule has 0 aromatic heterocycles. The van der Waals surface area contributed by atoms with Crippen LogP contribution in [-0.2, 0) is 0 Å². The van der Waals surface area contributed by atoms with Gasteiger partial charge in [-0.3, -0.25) is 0 Å². The van der Waals surface area contributed by atoms with Crippen LogP contribution in [0.3, 0.4) is 0 Å². The van der Waals surface area contributed by atoms with Crippen LogP contribution in [0.5, 0.6) is 11.5 Å². The van der Waals surface area contributed by atoms with Crippen LogP contribution in [-0.4, -0.2) is 10.2 Å². The second-order valence-corrected chi connectivity index (χ2v) is 1.52. The number of phenols is 2. The maximum absolute atomic E-state index is 8.65. The predicted octanol–water partition coefficient (Wildman–Crippen LogP) is 1.55. The minimum Gasteiger partial charge on any atom is -0.508 e. The van der Waals surface area contributed by atoms with Gasteiger partial charge in [-0.25, -0.2) is 0 Å². The molecule has 0 unspecified atom stereocenters. The summed E-state index contributed by atoms with van der Waals surface area (Å²) in [6.45, 7) is 0. The topological polar surface area (TPSA) is 40.5 Å². The third-order valence-electron chi connectivity index (χ3n) is 0.850. The Morgan fingerprint density at radius 2 is 1.00 bits per heavy atom. The Labute approximate surface area is 84.3 Å². The Balaban J connectivity index is 0. The van der Waals surface area contributed by atoms with E-state index in [2.05, 4.69) is 0 Å². The fourth-order valence-electron chi connectivity index (χ4n) is 0.453. The quantitative estimate of drug-likeness (QED) is 0.543. The van der Waals surface area contributed by atoms with Gasteiger partial charge in [0.1, 0.15) is 11.5 Å². The van der Waals surface area contributed by atoms with Gasteiger partial charge in [-0.2, -0.15) is 0 Å². The van der Waals surface area contributed by atoms with E-state index >= 15 is 0 Å². The summed E-state index contributed by atoms with van der Waals surface area (Å²) in [4.78, 5) is 0. The van der Waals surface area contributed by atoms with Crippen molar-refractivity contribution in [2.75, 3.05) is 0 Å². The SMILES string of the molecule is Oc1ccc(O)cc1.[CH3-].[U]. The predicted molar refractivity (Wildman–Crippen MR) is 36.2 cm³/mol. The number of aromatic hydroxyl groups is 2. The number of hydrogen-bond donors (Lipinski definition) is 2. The molecule has 1 rings (SSSR count). The zero-order valence-electron chi connectivity index (χ0n) is 5.70. The summed E-state index contributed by atoms with van der Waals surface area (Å²) in [5.74, 6) is 0.339. The molecule has 0 bridgehead atoms. The number of rotatable bonds is 0. The van der Waals surface area contributed by atoms with Crippen molar-refractivity contribution < 1.29 is 41.3 Å². The molecule has 0 spiro atoms. The Hall–Kier alpha value is -0.128. The summed E-state index contributed by atoms with van der Waals surface area (Å²) >= 11 is 0. The monoisotopic (exact) mass is 363 g/mol. The molecule has 0 heterocycles. The number of phenolic OH excluding ortho intramolecular Hbond substituents is 2. The summed E-state index contributed by atoms with van der Waals surface area (Å²) in [6, 6.07) is 5.70. The minimum atomic E-state index is 0. The van der Waals surface area contributed by atoms with E-state index in [1.807, 2.05) is 0 Å². The van der Waals surface area contributed by atoms with Gasteiger partial charge in [-0.05, 0) is 24.3 Å². The first kappa shape index (κ1) is 12.5. The molecule has 3 heteroatoms. The molecule has 0 amide bonds. The molecule has 2 N–H and O–H groups in total. The maximum atomic E-state index is 8.65. The first-order valence-corrected chi connectivity index (χ1v) is 2.27. The molecule has 1 aromatic rings. The van der Waals surface area contributed by atoms with Crippen LogP contribution in [0.15, 0.2) is 24.3 Å². The van der Waals surface area contributed by atoms with Gasteiger partial charge in [0.2, 0.25) is 0 Å². The molecule has 0 aliphatic rings. The van der Waals surface area contributed by atoms with E-state index in [9.17, 15) is 0 Å². The standard InChI is InChI=1S/C6H6O2.CH3.U/c7-5-1-2-6(8)4-3-5;;/h1-4,7-8H;1H3;/q;-1;. The zero-order chi connectivity index (χ0) is 5.98. The van der Waals surface area contributed by atoms with Crippen LogP contribution in [0.1, 0.15) is 0 Å². The molecule has 0 radical (unpaired) electrons. The van der Waals surface area contributed by atoms with Gasteiger partial charge in [0, 0.05) is 31.1 Å². The van der Waals surface area contributed by atoms with E-state index in [-0.39, 0.29) is 50.0 Å². The minimum absolute atomic E-state index is 0. The fourth-order valence-corrected chi connectivity index (χ4v) is 0.453. The Kier molecular flexibility index (Phi) is 7.07. The Morgan fingerprint density at radius 1 is 0.800 bits per heavy atom. The average molecular weight is 363 g/mol. The van der Waals surface area contributed by atoms with Gasteiger partial charge < -0.3 is 17.6 Å². The van der Waals surface area contributed by atoms with E-state index in [0.717, 1.165) is 0 Å².